The van der Waals surface area contributed by atoms with Crippen LogP contribution in [0.4, 0.5) is 0 Å². The van der Waals surface area contributed by atoms with Crippen molar-refractivity contribution in [3.8, 4) is 0 Å². The molecule has 0 aromatic carbocycles. The Morgan fingerprint density at radius 2 is 2.19 bits per heavy atom. The van der Waals surface area contributed by atoms with Crippen molar-refractivity contribution in [2.45, 2.75) is 18.0 Å². The quantitative estimate of drug-likeness (QED) is 0.766. The maximum Gasteiger partial charge on any atom is 0.263 e. The lowest BCUT2D eigenvalue weighted by molar-refractivity contribution is 0.407. The molecule has 1 unspecified atom stereocenters. The molecule has 1 rings (SSSR count). The largest absolute Gasteiger partial charge is 0.263 e. The Hall–Kier alpha value is -0.180. The summed E-state index contributed by atoms with van der Waals surface area (Å²) in [7, 11) is -0.637. The average Bonchev–Trinajstić information content (AvgIpc) is 2.56. The molecule has 0 aliphatic carbocycles. The fourth-order valence-electron chi connectivity index (χ4n) is 1.07. The van der Waals surface area contributed by atoms with E-state index >= 15 is 0 Å². The van der Waals surface area contributed by atoms with Crippen molar-refractivity contribution < 1.29 is 8.42 Å². The van der Waals surface area contributed by atoms with Crippen LogP contribution in [0, 0.1) is 0 Å². The van der Waals surface area contributed by atoms with Crippen molar-refractivity contribution in [3.05, 3.63) is 4.60 Å². The van der Waals surface area contributed by atoms with Gasteiger partial charge in [-0.05, 0) is 22.9 Å². The van der Waals surface area contributed by atoms with Gasteiger partial charge in [0.1, 0.15) is 0 Å². The molecule has 1 heterocycles. The lowest BCUT2D eigenvalue weighted by Crippen LogP contribution is -2.37. The molecular formula is C7H12BrClN4O2S. The van der Waals surface area contributed by atoms with Crippen LogP contribution in [-0.2, 0) is 17.1 Å². The first-order chi connectivity index (χ1) is 7.32. The van der Waals surface area contributed by atoms with E-state index in [-0.39, 0.29) is 21.6 Å². The first kappa shape index (κ1) is 13.9. The van der Waals surface area contributed by atoms with Crippen molar-refractivity contribution in [2.75, 3.05) is 12.9 Å². The number of rotatable bonds is 4. The van der Waals surface area contributed by atoms with E-state index in [0.29, 0.717) is 0 Å². The first-order valence-corrected chi connectivity index (χ1v) is 7.18. The smallest absolute Gasteiger partial charge is 0.235 e. The summed E-state index contributed by atoms with van der Waals surface area (Å²) >= 11 is 8.70. The molecule has 6 nitrogen and oxygen atoms in total. The van der Waals surface area contributed by atoms with Crippen LogP contribution < -0.4 is 0 Å². The summed E-state index contributed by atoms with van der Waals surface area (Å²) in [5.74, 6) is 0.221. The number of halogens is 2. The standard InChI is InChI=1S/C7H12BrClN4O2S/c1-5(4-9)13(3)16(14,15)7-6(8)10-11-12(7)2/h5H,4H2,1-3H3. The Morgan fingerprint density at radius 3 is 2.56 bits per heavy atom. The van der Waals surface area contributed by atoms with Crippen LogP contribution in [0.2, 0.25) is 0 Å². The van der Waals surface area contributed by atoms with Crippen molar-refractivity contribution >= 4 is 37.6 Å². The zero-order valence-corrected chi connectivity index (χ0v) is 12.2. The third kappa shape index (κ3) is 2.39. The van der Waals surface area contributed by atoms with E-state index in [1.165, 1.54) is 23.1 Å². The van der Waals surface area contributed by atoms with Gasteiger partial charge < -0.3 is 0 Å². The Bertz CT molecular complexity index is 455. The molecule has 0 N–H and O–H groups in total. The van der Waals surface area contributed by atoms with E-state index in [1.54, 1.807) is 6.92 Å². The second-order valence-corrected chi connectivity index (χ2v) is 6.31. The van der Waals surface area contributed by atoms with Crippen LogP contribution in [0.1, 0.15) is 6.92 Å². The summed E-state index contributed by atoms with van der Waals surface area (Å²) in [6.45, 7) is 1.72. The number of aryl methyl sites for hydroxylation is 1. The fraction of sp³-hybridized carbons (Fsp3) is 0.714. The van der Waals surface area contributed by atoms with E-state index in [1.807, 2.05) is 0 Å². The van der Waals surface area contributed by atoms with Gasteiger partial charge in [0.25, 0.3) is 10.0 Å². The maximum atomic E-state index is 12.2. The number of nitrogens with zero attached hydrogens (tertiary/aromatic N) is 4. The molecule has 0 fully saturated rings. The highest BCUT2D eigenvalue weighted by Gasteiger charge is 2.30. The fourth-order valence-corrected chi connectivity index (χ4v) is 3.74. The number of alkyl halides is 1. The first-order valence-electron chi connectivity index (χ1n) is 4.41. The van der Waals surface area contributed by atoms with Crippen molar-refractivity contribution in [1.82, 2.24) is 19.3 Å². The molecule has 0 amide bonds. The van der Waals surface area contributed by atoms with Crippen LogP contribution in [-0.4, -0.2) is 46.7 Å². The number of hydrogen-bond acceptors (Lipinski definition) is 4. The Labute approximate surface area is 108 Å². The molecule has 0 saturated heterocycles. The third-order valence-electron chi connectivity index (χ3n) is 2.20. The number of hydrogen-bond donors (Lipinski definition) is 0. The highest BCUT2D eigenvalue weighted by Crippen LogP contribution is 2.22. The van der Waals surface area contributed by atoms with Gasteiger partial charge in [-0.15, -0.1) is 16.7 Å². The van der Waals surface area contributed by atoms with Gasteiger partial charge in [-0.1, -0.05) is 5.21 Å². The predicted octanol–water partition coefficient (Wildman–Crippen LogP) is 0.825. The van der Waals surface area contributed by atoms with Gasteiger partial charge in [0.15, 0.2) is 4.60 Å². The van der Waals surface area contributed by atoms with Crippen molar-refractivity contribution in [1.29, 1.82) is 0 Å². The Morgan fingerprint density at radius 1 is 1.62 bits per heavy atom. The Balaban J connectivity index is 3.22. The third-order valence-corrected chi connectivity index (χ3v) is 5.51. The molecule has 0 aliphatic rings. The topological polar surface area (TPSA) is 68.1 Å². The monoisotopic (exact) mass is 330 g/mol. The van der Waals surface area contributed by atoms with Gasteiger partial charge >= 0.3 is 0 Å². The summed E-state index contributed by atoms with van der Waals surface area (Å²) in [5.41, 5.74) is 0. The number of sulfonamides is 1. The zero-order valence-electron chi connectivity index (χ0n) is 9.05. The van der Waals surface area contributed by atoms with Gasteiger partial charge in [-0.3, -0.25) is 0 Å². The molecule has 1 atom stereocenters. The van der Waals surface area contributed by atoms with E-state index in [2.05, 4.69) is 26.2 Å². The van der Waals surface area contributed by atoms with Crippen LogP contribution in [0.25, 0.3) is 0 Å². The molecule has 9 heteroatoms. The summed E-state index contributed by atoms with van der Waals surface area (Å²) in [4.78, 5) is 0. The number of aromatic nitrogens is 3. The van der Waals surface area contributed by atoms with Crippen LogP contribution >= 0.6 is 27.5 Å². The van der Waals surface area contributed by atoms with Crippen molar-refractivity contribution in [3.63, 3.8) is 0 Å². The van der Waals surface area contributed by atoms with E-state index in [9.17, 15) is 8.42 Å². The van der Waals surface area contributed by atoms with Crippen molar-refractivity contribution in [2.24, 2.45) is 7.05 Å². The van der Waals surface area contributed by atoms with Crippen LogP contribution in [0.3, 0.4) is 0 Å². The van der Waals surface area contributed by atoms with Crippen LogP contribution in [0.5, 0.6) is 0 Å². The minimum atomic E-state index is -3.63. The predicted molar refractivity (Wildman–Crippen MR) is 63.8 cm³/mol. The molecule has 1 aromatic rings. The van der Waals surface area contributed by atoms with Gasteiger partial charge in [0.05, 0.1) is 0 Å². The lowest BCUT2D eigenvalue weighted by Gasteiger charge is -2.22. The summed E-state index contributed by atoms with van der Waals surface area (Å²) < 4.78 is 26.9. The molecule has 16 heavy (non-hydrogen) atoms. The highest BCUT2D eigenvalue weighted by molar-refractivity contribution is 9.10. The molecule has 92 valence electrons. The second kappa shape index (κ2) is 4.99. The minimum Gasteiger partial charge on any atom is -0.235 e. The molecular weight excluding hydrogens is 320 g/mol. The van der Waals surface area contributed by atoms with E-state index in [0.717, 1.165) is 0 Å². The maximum absolute atomic E-state index is 12.2. The molecule has 0 radical (unpaired) electrons. The molecule has 0 bridgehead atoms. The summed E-state index contributed by atoms with van der Waals surface area (Å²) in [6.07, 6.45) is 0. The summed E-state index contributed by atoms with van der Waals surface area (Å²) in [5, 5.41) is 7.29. The van der Waals surface area contributed by atoms with Crippen LogP contribution in [0.15, 0.2) is 9.63 Å². The van der Waals surface area contributed by atoms with Gasteiger partial charge in [0.2, 0.25) is 5.03 Å². The Kier molecular flexibility index (Phi) is 4.33. The van der Waals surface area contributed by atoms with E-state index < -0.39 is 10.0 Å². The zero-order chi connectivity index (χ0) is 12.5. The molecule has 0 aliphatic heterocycles. The van der Waals surface area contributed by atoms with Gasteiger partial charge in [-0.2, -0.15) is 4.31 Å². The summed E-state index contributed by atoms with van der Waals surface area (Å²) in [6, 6.07) is -0.298. The molecule has 0 saturated carbocycles. The van der Waals surface area contributed by atoms with E-state index in [4.69, 9.17) is 11.6 Å². The molecule has 0 spiro atoms. The average molecular weight is 332 g/mol. The molecule has 1 aromatic heterocycles. The second-order valence-electron chi connectivity index (χ2n) is 3.33. The van der Waals surface area contributed by atoms with Gasteiger partial charge in [0, 0.05) is 26.0 Å². The highest BCUT2D eigenvalue weighted by atomic mass is 79.9. The normalized spacial score (nSPS) is 14.4. The van der Waals surface area contributed by atoms with Gasteiger partial charge in [-0.25, -0.2) is 13.1 Å². The minimum absolute atomic E-state index is 0.0203. The SMILES string of the molecule is CC(CCl)N(C)S(=O)(=O)c1c(Br)nnn1C. The lowest BCUT2D eigenvalue weighted by atomic mass is 10.4.